The van der Waals surface area contributed by atoms with Gasteiger partial charge in [0.05, 0.1) is 35.9 Å². The molecule has 51 heavy (non-hydrogen) atoms. The maximum Gasteiger partial charge on any atom is 0.406 e. The number of aromatic nitrogens is 4. The van der Waals surface area contributed by atoms with Crippen molar-refractivity contribution in [1.82, 2.24) is 40.0 Å². The molecule has 2 aromatic heterocycles. The van der Waals surface area contributed by atoms with E-state index >= 15 is 0 Å². The van der Waals surface area contributed by atoms with Crippen LogP contribution in [0.2, 0.25) is 0 Å². The van der Waals surface area contributed by atoms with Gasteiger partial charge in [-0.1, -0.05) is 78.9 Å². The molecule has 0 aliphatic carbocycles. The molecule has 0 radical (unpaired) electrons. The van der Waals surface area contributed by atoms with Gasteiger partial charge in [-0.25, -0.2) is 14.8 Å². The van der Waals surface area contributed by atoms with Crippen molar-refractivity contribution >= 4 is 18.3 Å². The Morgan fingerprint density at radius 3 is 1.88 bits per heavy atom. The van der Waals surface area contributed by atoms with E-state index in [0.29, 0.717) is 25.2 Å². The van der Waals surface area contributed by atoms with Gasteiger partial charge in [-0.2, -0.15) is 0 Å². The van der Waals surface area contributed by atoms with Gasteiger partial charge < -0.3 is 20.0 Å². The number of aldehydes is 1. The number of aromatic amines is 2. The Balaban J connectivity index is 1.02. The minimum Gasteiger partial charge on any atom is -0.465 e. The number of carboxylic acid groups (broad SMARTS) is 1. The molecule has 12 nitrogen and oxygen atoms in total. The van der Waals surface area contributed by atoms with Crippen LogP contribution in [0.25, 0.3) is 33.6 Å². The SMILES string of the molecule is CN(C)[C@@H](C(=O)N1CCC[C@H]1c1ncc(-c2ccc(-c3ccc(-c4cnc([C@@H]5CCCN5C(C=O)NC(=O)O)[nH]4)cc3)cc2)[nH]1)c1ccccc1. The van der Waals surface area contributed by atoms with Gasteiger partial charge in [0.15, 0.2) is 6.29 Å². The Morgan fingerprint density at radius 1 is 0.804 bits per heavy atom. The number of carbonyl (C=O) groups excluding carboxylic acids is 2. The molecule has 1 unspecified atom stereocenters. The fraction of sp³-hybridized carbons (Fsp3) is 0.308. The number of likely N-dealkylation sites (tertiary alicyclic amines) is 2. The molecule has 2 saturated heterocycles. The normalized spacial score (nSPS) is 18.9. The highest BCUT2D eigenvalue weighted by atomic mass is 16.4. The monoisotopic (exact) mass is 686 g/mol. The lowest BCUT2D eigenvalue weighted by molar-refractivity contribution is -0.137. The van der Waals surface area contributed by atoms with E-state index < -0.39 is 12.3 Å². The van der Waals surface area contributed by atoms with Crippen LogP contribution in [0.1, 0.15) is 61.0 Å². The third-order valence-electron chi connectivity index (χ3n) is 10.0. The highest BCUT2D eigenvalue weighted by molar-refractivity contribution is 5.84. The molecule has 262 valence electrons. The summed E-state index contributed by atoms with van der Waals surface area (Å²) in [7, 11) is 3.89. The molecule has 0 spiro atoms. The van der Waals surface area contributed by atoms with Crippen LogP contribution in [0.3, 0.4) is 0 Å². The number of imidazole rings is 2. The molecule has 7 rings (SSSR count). The van der Waals surface area contributed by atoms with Gasteiger partial charge in [-0.15, -0.1) is 0 Å². The average molecular weight is 687 g/mol. The fourth-order valence-electron chi connectivity index (χ4n) is 7.50. The van der Waals surface area contributed by atoms with Crippen molar-refractivity contribution in [2.75, 3.05) is 27.2 Å². The number of rotatable bonds is 11. The van der Waals surface area contributed by atoms with Crippen LogP contribution in [-0.2, 0) is 9.59 Å². The number of nitrogens with zero attached hydrogens (tertiary/aromatic N) is 5. The number of benzene rings is 3. The van der Waals surface area contributed by atoms with Gasteiger partial charge in [0.1, 0.15) is 23.9 Å². The Morgan fingerprint density at radius 2 is 1.33 bits per heavy atom. The zero-order valence-electron chi connectivity index (χ0n) is 28.7. The van der Waals surface area contributed by atoms with E-state index in [1.807, 2.05) is 77.5 Å². The number of H-pyrrole nitrogens is 2. The summed E-state index contributed by atoms with van der Waals surface area (Å²) in [5.41, 5.74) is 6.88. The topological polar surface area (TPSA) is 151 Å². The second-order valence-electron chi connectivity index (χ2n) is 13.4. The Kier molecular flexibility index (Phi) is 9.78. The maximum absolute atomic E-state index is 13.9. The summed E-state index contributed by atoms with van der Waals surface area (Å²) in [6, 6.07) is 25.9. The van der Waals surface area contributed by atoms with E-state index in [2.05, 4.69) is 56.7 Å². The second-order valence-corrected chi connectivity index (χ2v) is 13.4. The first kappa shape index (κ1) is 33.9. The standard InChI is InChI=1S/C39H42N8O4/c1-45(2)35(29-8-4-3-5-9-29)38(49)47-21-7-11-33(47)37-41-23-31(43-37)28-18-14-26(15-19-28)25-12-16-27(17-13-25)30-22-40-36(42-30)32-10-6-20-46(32)34(24-48)44-39(50)51/h3-5,8-9,12-19,22-24,32-35,44H,6-7,10-11,20-21H2,1-2H3,(H,40,42)(H,41,43)(H,50,51)/t32-,33-,34?,35+/m0/s1. The van der Waals surface area contributed by atoms with Gasteiger partial charge in [0.25, 0.3) is 0 Å². The number of likely N-dealkylation sites (N-methyl/N-ethyl adjacent to an activating group) is 1. The molecule has 0 saturated carbocycles. The number of hydrogen-bond donors (Lipinski definition) is 4. The van der Waals surface area contributed by atoms with Crippen molar-refractivity contribution in [3.05, 3.63) is 108 Å². The largest absolute Gasteiger partial charge is 0.465 e. The summed E-state index contributed by atoms with van der Waals surface area (Å²) in [5, 5.41) is 11.4. The van der Waals surface area contributed by atoms with Crippen LogP contribution in [0.15, 0.2) is 91.3 Å². The van der Waals surface area contributed by atoms with E-state index in [0.717, 1.165) is 70.7 Å². The zero-order valence-corrected chi connectivity index (χ0v) is 28.7. The van der Waals surface area contributed by atoms with Gasteiger partial charge in [0, 0.05) is 13.1 Å². The highest BCUT2D eigenvalue weighted by Gasteiger charge is 2.37. The molecule has 12 heteroatoms. The molecule has 2 aliphatic heterocycles. The number of hydrogen-bond acceptors (Lipinski definition) is 7. The third-order valence-corrected chi connectivity index (χ3v) is 10.0. The van der Waals surface area contributed by atoms with E-state index in [1.54, 1.807) is 6.20 Å². The summed E-state index contributed by atoms with van der Waals surface area (Å²) in [6.07, 6.45) is 5.52. The minimum atomic E-state index is -1.23. The van der Waals surface area contributed by atoms with Crippen LogP contribution >= 0.6 is 0 Å². The number of carbonyl (C=O) groups is 3. The third kappa shape index (κ3) is 7.05. The zero-order chi connectivity index (χ0) is 35.5. The van der Waals surface area contributed by atoms with Crippen molar-refractivity contribution in [2.45, 2.75) is 50.0 Å². The van der Waals surface area contributed by atoms with E-state index in [4.69, 9.17) is 10.1 Å². The van der Waals surface area contributed by atoms with Crippen LogP contribution in [0.4, 0.5) is 4.79 Å². The van der Waals surface area contributed by atoms with Gasteiger partial charge in [-0.3, -0.25) is 24.7 Å². The van der Waals surface area contributed by atoms with E-state index in [9.17, 15) is 14.4 Å². The quantitative estimate of drug-likeness (QED) is 0.123. The van der Waals surface area contributed by atoms with Crippen molar-refractivity contribution < 1.29 is 19.5 Å². The smallest absolute Gasteiger partial charge is 0.406 e. The summed E-state index contributed by atoms with van der Waals surface area (Å²) >= 11 is 0. The molecule has 4 heterocycles. The molecule has 4 N–H and O–H groups in total. The number of nitrogens with one attached hydrogen (secondary N) is 3. The van der Waals surface area contributed by atoms with E-state index in [1.165, 1.54) is 0 Å². The minimum absolute atomic E-state index is 0.0914. The van der Waals surface area contributed by atoms with Crippen LogP contribution in [0.5, 0.6) is 0 Å². The predicted molar refractivity (Wildman–Crippen MR) is 193 cm³/mol. The summed E-state index contributed by atoms with van der Waals surface area (Å²) in [6.45, 7) is 1.31. The Labute approximate surface area is 296 Å². The van der Waals surface area contributed by atoms with Crippen molar-refractivity contribution in [2.24, 2.45) is 0 Å². The first-order chi connectivity index (χ1) is 24.8. The van der Waals surface area contributed by atoms with Crippen molar-refractivity contribution in [1.29, 1.82) is 0 Å². The fourth-order valence-corrected chi connectivity index (χ4v) is 7.50. The lowest BCUT2D eigenvalue weighted by Crippen LogP contribution is -2.48. The molecular formula is C39H42N8O4. The predicted octanol–water partition coefficient (Wildman–Crippen LogP) is 6.03. The molecule has 2 fully saturated rings. The second kappa shape index (κ2) is 14.7. The van der Waals surface area contributed by atoms with Gasteiger partial charge >= 0.3 is 6.09 Å². The van der Waals surface area contributed by atoms with Crippen LogP contribution in [-0.4, -0.2) is 91.4 Å². The van der Waals surface area contributed by atoms with Crippen LogP contribution in [0, 0.1) is 0 Å². The molecule has 3 aromatic carbocycles. The van der Waals surface area contributed by atoms with Gasteiger partial charge in [-0.05, 0) is 67.6 Å². The maximum atomic E-state index is 13.9. The lowest BCUT2D eigenvalue weighted by Gasteiger charge is -2.31. The molecule has 2 aliphatic rings. The first-order valence-electron chi connectivity index (χ1n) is 17.3. The van der Waals surface area contributed by atoms with Gasteiger partial charge in [0.2, 0.25) is 5.91 Å². The van der Waals surface area contributed by atoms with Crippen molar-refractivity contribution in [3.63, 3.8) is 0 Å². The number of amides is 2. The molecular weight excluding hydrogens is 644 g/mol. The molecule has 0 bridgehead atoms. The summed E-state index contributed by atoms with van der Waals surface area (Å²) < 4.78 is 0. The van der Waals surface area contributed by atoms with Crippen LogP contribution < -0.4 is 5.32 Å². The average Bonchev–Trinajstić information content (AvgIpc) is 3.98. The van der Waals surface area contributed by atoms with E-state index in [-0.39, 0.29) is 24.0 Å². The molecule has 2 amide bonds. The lowest BCUT2D eigenvalue weighted by atomic mass is 10.0. The molecule has 5 aromatic rings. The summed E-state index contributed by atoms with van der Waals surface area (Å²) in [5.74, 6) is 1.61. The Bertz CT molecular complexity index is 1970. The first-order valence-corrected chi connectivity index (χ1v) is 17.3. The Hall–Kier alpha value is -5.59. The summed E-state index contributed by atoms with van der Waals surface area (Å²) in [4.78, 5) is 58.7. The van der Waals surface area contributed by atoms with Crippen molar-refractivity contribution in [3.8, 4) is 33.6 Å². The molecule has 4 atom stereocenters. The highest BCUT2D eigenvalue weighted by Crippen LogP contribution is 2.36.